The summed E-state index contributed by atoms with van der Waals surface area (Å²) < 4.78 is 0. The Labute approximate surface area is 170 Å². The Morgan fingerprint density at radius 1 is 0.696 bits per heavy atom. The minimum Gasteiger partial charge on any atom is -0.147 e. The third kappa shape index (κ3) is 14.4. The molecule has 0 aliphatic carbocycles. The molecule has 0 saturated carbocycles. The van der Waals surface area contributed by atoms with E-state index in [-0.39, 0.29) is 32.7 Å². The first-order valence-corrected chi connectivity index (χ1v) is 8.01. The molecule has 125 valence electrons. The van der Waals surface area contributed by atoms with Crippen LogP contribution >= 0.6 is 0 Å². The molecule has 0 N–H and O–H groups in total. The van der Waals surface area contributed by atoms with E-state index in [1.54, 1.807) is 0 Å². The smallest absolute Gasteiger partial charge is 0 e. The second-order valence-corrected chi connectivity index (χ2v) is 3.03. The Balaban J connectivity index is -0.000000176. The molecular weight excluding hydrogens is 353 g/mol. The minimum atomic E-state index is 0. The normalized spacial score (nSPS) is 6.87. The SMILES string of the molecule is C=C.C=C(c1[c-]cccc1)c1[c-]cccc1.CC.CC.CC.[Y]. The molecule has 0 aromatic heterocycles. The van der Waals surface area contributed by atoms with Crippen molar-refractivity contribution in [2.45, 2.75) is 41.5 Å². The molecule has 0 heterocycles. The van der Waals surface area contributed by atoms with Gasteiger partial charge in [-0.25, -0.2) is 0 Å². The summed E-state index contributed by atoms with van der Waals surface area (Å²) in [6.07, 6.45) is 0. The van der Waals surface area contributed by atoms with Gasteiger partial charge in [0, 0.05) is 32.7 Å². The molecule has 0 aliphatic rings. The summed E-state index contributed by atoms with van der Waals surface area (Å²) in [4.78, 5) is 0. The summed E-state index contributed by atoms with van der Waals surface area (Å²) in [5.74, 6) is 0. The first-order chi connectivity index (χ1) is 10.9. The summed E-state index contributed by atoms with van der Waals surface area (Å²) in [5.41, 5.74) is 3.01. The van der Waals surface area contributed by atoms with Gasteiger partial charge >= 0.3 is 0 Å². The first-order valence-electron chi connectivity index (χ1n) is 8.01. The van der Waals surface area contributed by atoms with Gasteiger partial charge < -0.3 is 0 Å². The zero-order chi connectivity index (χ0) is 17.8. The summed E-state index contributed by atoms with van der Waals surface area (Å²) in [5, 5.41) is 0. The molecule has 0 unspecified atom stereocenters. The van der Waals surface area contributed by atoms with Crippen molar-refractivity contribution in [3.63, 3.8) is 0 Å². The fourth-order valence-electron chi connectivity index (χ4n) is 1.31. The van der Waals surface area contributed by atoms with Crippen LogP contribution in [-0.4, -0.2) is 0 Å². The average Bonchev–Trinajstić information content (AvgIpc) is 2.69. The Kier molecular flexibility index (Phi) is 33.8. The van der Waals surface area contributed by atoms with Crippen LogP contribution in [0, 0.1) is 12.1 Å². The van der Waals surface area contributed by atoms with Crippen LogP contribution in [0.1, 0.15) is 52.7 Å². The molecule has 0 bridgehead atoms. The monoisotopic (exact) mass is 385 g/mol. The number of benzene rings is 2. The predicted octanol–water partition coefficient (Wildman–Crippen LogP) is 7.23. The second-order valence-electron chi connectivity index (χ2n) is 3.03. The molecule has 0 saturated heterocycles. The van der Waals surface area contributed by atoms with E-state index in [0.717, 1.165) is 16.7 Å². The van der Waals surface area contributed by atoms with Crippen molar-refractivity contribution in [1.82, 2.24) is 0 Å². The molecule has 23 heavy (non-hydrogen) atoms. The number of hydrogen-bond donors (Lipinski definition) is 0. The molecule has 0 atom stereocenters. The zero-order valence-electron chi connectivity index (χ0n) is 15.8. The quantitative estimate of drug-likeness (QED) is 0.378. The maximum atomic E-state index is 4.03. The van der Waals surface area contributed by atoms with Crippen molar-refractivity contribution < 1.29 is 32.7 Å². The fraction of sp³-hybridized carbons (Fsp3) is 0.273. The largest absolute Gasteiger partial charge is 0.147 e. The molecule has 2 aromatic carbocycles. The Morgan fingerprint density at radius 3 is 1.22 bits per heavy atom. The third-order valence-electron chi connectivity index (χ3n) is 2.07. The van der Waals surface area contributed by atoms with E-state index in [1.807, 2.05) is 90.1 Å². The minimum absolute atomic E-state index is 0. The van der Waals surface area contributed by atoms with E-state index in [2.05, 4.69) is 31.9 Å². The van der Waals surface area contributed by atoms with Crippen molar-refractivity contribution >= 4 is 5.57 Å². The van der Waals surface area contributed by atoms with Crippen LogP contribution < -0.4 is 0 Å². The molecule has 2 aromatic rings. The average molecular weight is 385 g/mol. The van der Waals surface area contributed by atoms with Crippen LogP contribution in [-0.2, 0) is 32.7 Å². The summed E-state index contributed by atoms with van der Waals surface area (Å²) in [7, 11) is 0. The van der Waals surface area contributed by atoms with Gasteiger partial charge in [-0.1, -0.05) is 41.5 Å². The van der Waals surface area contributed by atoms with Gasteiger partial charge in [0.15, 0.2) is 0 Å². The van der Waals surface area contributed by atoms with Crippen molar-refractivity contribution in [2.75, 3.05) is 0 Å². The van der Waals surface area contributed by atoms with Gasteiger partial charge in [0.1, 0.15) is 0 Å². The van der Waals surface area contributed by atoms with E-state index >= 15 is 0 Å². The first kappa shape index (κ1) is 30.0. The summed E-state index contributed by atoms with van der Waals surface area (Å²) in [6.45, 7) is 22.0. The standard InChI is InChI=1S/C14H10.3C2H6.C2H4.Y/c1-12(13-8-4-2-5-9-13)14-10-6-3-7-11-14;4*1-2;/h2-8,10H,1H2;3*1-2H3;1-2H2;/q-2;;;;;. The molecule has 0 spiro atoms. The van der Waals surface area contributed by atoms with Crippen LogP contribution in [0.25, 0.3) is 5.57 Å². The number of rotatable bonds is 2. The summed E-state index contributed by atoms with van der Waals surface area (Å²) >= 11 is 0. The predicted molar refractivity (Wildman–Crippen MR) is 104 cm³/mol. The van der Waals surface area contributed by atoms with Gasteiger partial charge in [-0.3, -0.25) is 0 Å². The summed E-state index contributed by atoms with van der Waals surface area (Å²) in [6, 6.07) is 22.0. The van der Waals surface area contributed by atoms with Crippen molar-refractivity contribution in [2.24, 2.45) is 0 Å². The maximum absolute atomic E-state index is 4.03. The Hall–Kier alpha value is -0.976. The van der Waals surface area contributed by atoms with Gasteiger partial charge in [-0.2, -0.15) is 0 Å². The van der Waals surface area contributed by atoms with Crippen molar-refractivity contribution in [3.05, 3.63) is 91.5 Å². The second kappa shape index (κ2) is 25.9. The van der Waals surface area contributed by atoms with E-state index in [9.17, 15) is 0 Å². The van der Waals surface area contributed by atoms with Crippen molar-refractivity contribution in [3.8, 4) is 0 Å². The van der Waals surface area contributed by atoms with E-state index < -0.39 is 0 Å². The van der Waals surface area contributed by atoms with Crippen LogP contribution in [0.3, 0.4) is 0 Å². The molecule has 0 fully saturated rings. The zero-order valence-corrected chi connectivity index (χ0v) is 18.7. The molecule has 0 nitrogen and oxygen atoms in total. The fourth-order valence-corrected chi connectivity index (χ4v) is 1.31. The van der Waals surface area contributed by atoms with Gasteiger partial charge in [0.25, 0.3) is 0 Å². The van der Waals surface area contributed by atoms with E-state index in [0.29, 0.717) is 0 Å². The molecule has 1 heteroatoms. The van der Waals surface area contributed by atoms with Gasteiger partial charge in [0.2, 0.25) is 0 Å². The van der Waals surface area contributed by atoms with Crippen LogP contribution in [0.15, 0.2) is 68.3 Å². The van der Waals surface area contributed by atoms with E-state index in [1.165, 1.54) is 0 Å². The Morgan fingerprint density at radius 2 is 1.00 bits per heavy atom. The molecule has 2 rings (SSSR count). The van der Waals surface area contributed by atoms with Crippen LogP contribution in [0.5, 0.6) is 0 Å². The Bertz CT molecular complexity index is 391. The molecule has 0 amide bonds. The molecule has 0 aliphatic heterocycles. The molecular formula is C22H32Y-2. The van der Waals surface area contributed by atoms with Crippen molar-refractivity contribution in [1.29, 1.82) is 0 Å². The van der Waals surface area contributed by atoms with Crippen LogP contribution in [0.2, 0.25) is 0 Å². The van der Waals surface area contributed by atoms with Gasteiger partial charge in [-0.05, 0) is 0 Å². The third-order valence-corrected chi connectivity index (χ3v) is 2.07. The topological polar surface area (TPSA) is 0 Å². The number of hydrogen-bond acceptors (Lipinski definition) is 0. The van der Waals surface area contributed by atoms with Gasteiger partial charge in [0.05, 0.1) is 0 Å². The molecule has 1 radical (unpaired) electrons. The van der Waals surface area contributed by atoms with Gasteiger partial charge in [-0.15, -0.1) is 97.1 Å². The van der Waals surface area contributed by atoms with E-state index in [4.69, 9.17) is 0 Å². The maximum Gasteiger partial charge on any atom is 0 e. The van der Waals surface area contributed by atoms with Crippen LogP contribution in [0.4, 0.5) is 0 Å².